The van der Waals surface area contributed by atoms with Crippen LogP contribution in [0.5, 0.6) is 5.75 Å². The van der Waals surface area contributed by atoms with Crippen LogP contribution in [0.3, 0.4) is 0 Å². The molecule has 2 aromatic heterocycles. The van der Waals surface area contributed by atoms with Crippen LogP contribution >= 0.6 is 0 Å². The molecule has 47 heavy (non-hydrogen) atoms. The number of nitrogens with zero attached hydrogens (tertiary/aromatic N) is 5. The summed E-state index contributed by atoms with van der Waals surface area (Å²) in [5.74, 6) is 3.59. The van der Waals surface area contributed by atoms with E-state index in [0.29, 0.717) is 57.4 Å². The molecule has 3 fully saturated rings. The molecule has 3 aromatic rings. The van der Waals surface area contributed by atoms with Crippen LogP contribution in [0, 0.1) is 12.8 Å². The van der Waals surface area contributed by atoms with Gasteiger partial charge in [0.2, 0.25) is 5.91 Å². The average Bonchev–Trinajstić information content (AvgIpc) is 3.84. The van der Waals surface area contributed by atoms with E-state index in [-0.39, 0.29) is 24.0 Å². The number of hydrogen-bond acceptors (Lipinski definition) is 10. The minimum atomic E-state index is -0.598. The molecule has 7 rings (SSSR count). The molecule has 11 nitrogen and oxygen atoms in total. The summed E-state index contributed by atoms with van der Waals surface area (Å²) in [7, 11) is 0. The number of ketones is 1. The Morgan fingerprint density at radius 2 is 1.89 bits per heavy atom. The molecule has 4 heterocycles. The maximum atomic E-state index is 13.5. The zero-order valence-electron chi connectivity index (χ0n) is 27.3. The second-order valence-corrected chi connectivity index (χ2v) is 13.6. The third kappa shape index (κ3) is 7.79. The van der Waals surface area contributed by atoms with Gasteiger partial charge in [-0.25, -0.2) is 9.97 Å². The number of piperazine rings is 1. The molecule has 0 spiro atoms. The molecule has 2 saturated carbocycles. The van der Waals surface area contributed by atoms with Gasteiger partial charge in [-0.15, -0.1) is 0 Å². The molecule has 0 bridgehead atoms. The summed E-state index contributed by atoms with van der Waals surface area (Å²) in [6.45, 7) is 7.16. The van der Waals surface area contributed by atoms with E-state index >= 15 is 0 Å². The Kier molecular flexibility index (Phi) is 9.44. The van der Waals surface area contributed by atoms with Crippen molar-refractivity contribution in [3.8, 4) is 5.75 Å². The zero-order valence-corrected chi connectivity index (χ0v) is 27.3. The summed E-state index contributed by atoms with van der Waals surface area (Å²) in [6.07, 6.45) is 7.86. The first-order valence-corrected chi connectivity index (χ1v) is 17.3. The molecule has 2 aliphatic heterocycles. The molecule has 250 valence electrons. The van der Waals surface area contributed by atoms with Crippen molar-refractivity contribution >= 4 is 23.3 Å². The minimum absolute atomic E-state index is 0.0175. The minimum Gasteiger partial charge on any atom is -0.486 e. The van der Waals surface area contributed by atoms with Gasteiger partial charge in [-0.2, -0.15) is 0 Å². The summed E-state index contributed by atoms with van der Waals surface area (Å²) in [5, 5.41) is 14.5. The molecule has 4 aliphatic rings. The van der Waals surface area contributed by atoms with Crippen molar-refractivity contribution in [1.82, 2.24) is 19.8 Å². The molecule has 0 unspecified atom stereocenters. The van der Waals surface area contributed by atoms with Crippen molar-refractivity contribution in [2.75, 3.05) is 49.5 Å². The summed E-state index contributed by atoms with van der Waals surface area (Å²) in [4.78, 5) is 41.5. The predicted molar refractivity (Wildman–Crippen MR) is 178 cm³/mol. The molecule has 0 radical (unpaired) electrons. The fourth-order valence-electron chi connectivity index (χ4n) is 6.70. The number of Topliss-reactive ketones (excluding diaryl/α,β-unsaturated/α-hetero) is 1. The Balaban J connectivity index is 0.919. The van der Waals surface area contributed by atoms with Gasteiger partial charge in [0, 0.05) is 69.8 Å². The van der Waals surface area contributed by atoms with Gasteiger partial charge in [0.05, 0.1) is 11.8 Å². The SMILES string of the molecule is Cc1ncoc1COc1ccc2c(c1)CCN(C[C@@H](O)CCC(=O)c1cc(NC3CCC3)nc(N3CCN(C(=O)C4CC4)CC3)c1)C2. The van der Waals surface area contributed by atoms with E-state index in [2.05, 4.69) is 32.2 Å². The fourth-order valence-corrected chi connectivity index (χ4v) is 6.70. The van der Waals surface area contributed by atoms with Crippen LogP contribution in [0.4, 0.5) is 11.6 Å². The number of rotatable bonds is 13. The van der Waals surface area contributed by atoms with Crippen LogP contribution in [0.15, 0.2) is 41.1 Å². The van der Waals surface area contributed by atoms with Crippen molar-refractivity contribution in [3.63, 3.8) is 0 Å². The third-order valence-corrected chi connectivity index (χ3v) is 10.1. The predicted octanol–water partition coefficient (Wildman–Crippen LogP) is 4.36. The Morgan fingerprint density at radius 3 is 2.62 bits per heavy atom. The maximum absolute atomic E-state index is 13.5. The summed E-state index contributed by atoms with van der Waals surface area (Å²) >= 11 is 0. The molecule has 2 N–H and O–H groups in total. The fraction of sp³-hybridized carbons (Fsp3) is 0.556. The van der Waals surface area contributed by atoms with E-state index in [1.165, 1.54) is 23.9 Å². The number of nitrogens with one attached hydrogen (secondary N) is 1. The number of hydrogen-bond donors (Lipinski definition) is 2. The number of ether oxygens (including phenoxy) is 1. The highest BCUT2D eigenvalue weighted by atomic mass is 16.5. The summed E-state index contributed by atoms with van der Waals surface area (Å²) in [6, 6.07) is 10.3. The van der Waals surface area contributed by atoms with Crippen molar-refractivity contribution in [2.45, 2.75) is 83.6 Å². The van der Waals surface area contributed by atoms with Crippen molar-refractivity contribution in [1.29, 1.82) is 0 Å². The highest BCUT2D eigenvalue weighted by Crippen LogP contribution is 2.32. The normalized spacial score (nSPS) is 19.2. The Labute approximate surface area is 276 Å². The van der Waals surface area contributed by atoms with E-state index in [4.69, 9.17) is 14.1 Å². The smallest absolute Gasteiger partial charge is 0.225 e. The van der Waals surface area contributed by atoms with Gasteiger partial charge >= 0.3 is 0 Å². The van der Waals surface area contributed by atoms with Crippen LogP contribution < -0.4 is 15.0 Å². The second-order valence-electron chi connectivity index (χ2n) is 13.6. The van der Waals surface area contributed by atoms with Crippen LogP contribution in [0.25, 0.3) is 0 Å². The largest absolute Gasteiger partial charge is 0.486 e. The molecular formula is C36H46N6O5. The van der Waals surface area contributed by atoms with Gasteiger partial charge in [0.15, 0.2) is 17.9 Å². The number of aliphatic hydroxyl groups excluding tert-OH is 1. The topological polar surface area (TPSA) is 124 Å². The Hall–Kier alpha value is -3.96. The molecule has 1 atom stereocenters. The summed E-state index contributed by atoms with van der Waals surface area (Å²) < 4.78 is 11.3. The van der Waals surface area contributed by atoms with Crippen LogP contribution in [-0.4, -0.2) is 88.0 Å². The first kappa shape index (κ1) is 31.6. The second kappa shape index (κ2) is 14.0. The number of fused-ring (bicyclic) bond motifs is 1. The number of anilines is 2. The number of aryl methyl sites for hydroxylation is 1. The monoisotopic (exact) mass is 642 g/mol. The lowest BCUT2D eigenvalue weighted by Gasteiger charge is -2.36. The van der Waals surface area contributed by atoms with E-state index in [0.717, 1.165) is 74.0 Å². The quantitative estimate of drug-likeness (QED) is 0.260. The lowest BCUT2D eigenvalue weighted by atomic mass is 9.93. The van der Waals surface area contributed by atoms with E-state index in [1.54, 1.807) is 0 Å². The molecule has 1 amide bonds. The number of aromatic nitrogens is 2. The lowest BCUT2D eigenvalue weighted by Crippen LogP contribution is -2.49. The molecule has 1 saturated heterocycles. The maximum Gasteiger partial charge on any atom is 0.225 e. The van der Waals surface area contributed by atoms with Crippen LogP contribution in [-0.2, 0) is 24.4 Å². The Bertz CT molecular complexity index is 1580. The van der Waals surface area contributed by atoms with Gasteiger partial charge < -0.3 is 29.4 Å². The number of benzene rings is 1. The van der Waals surface area contributed by atoms with Gasteiger partial charge in [0.25, 0.3) is 0 Å². The van der Waals surface area contributed by atoms with Crippen molar-refractivity contribution in [3.05, 3.63) is 64.9 Å². The van der Waals surface area contributed by atoms with E-state index in [9.17, 15) is 14.7 Å². The zero-order chi connectivity index (χ0) is 32.3. The van der Waals surface area contributed by atoms with Crippen molar-refractivity contribution < 1.29 is 23.8 Å². The number of β-amino-alcohol motifs (C(OH)–C–C–N with tert-alkyl or cyclic N) is 1. The standard InChI is InChI=1S/C36H46N6O5/c1-24-33(47-23-37-24)22-46-31-9-7-27-20-40(12-11-26(27)17-31)21-30(43)8-10-32(44)28-18-34(38-29-3-2-4-29)39-35(19-28)41-13-15-42(16-14-41)36(45)25-5-6-25/h7,9,17-19,23,25,29-30,43H,2-6,8,10-16,20-22H2,1H3,(H,38,39)/t30-/m0/s1. The van der Waals surface area contributed by atoms with Gasteiger partial charge in [-0.05, 0) is 87.3 Å². The number of pyridine rings is 1. The number of carbonyl (C=O) groups is 2. The number of amides is 1. The molecule has 1 aromatic carbocycles. The van der Waals surface area contributed by atoms with Crippen molar-refractivity contribution in [2.24, 2.45) is 5.92 Å². The molecule has 2 aliphatic carbocycles. The first-order valence-electron chi connectivity index (χ1n) is 17.3. The van der Waals surface area contributed by atoms with Gasteiger partial charge in [-0.1, -0.05) is 6.07 Å². The number of carbonyl (C=O) groups excluding carboxylic acids is 2. The number of aliphatic hydroxyl groups is 1. The lowest BCUT2D eigenvalue weighted by molar-refractivity contribution is -0.132. The first-order chi connectivity index (χ1) is 22.9. The average molecular weight is 643 g/mol. The van der Waals surface area contributed by atoms with E-state index in [1.807, 2.05) is 30.0 Å². The third-order valence-electron chi connectivity index (χ3n) is 10.1. The van der Waals surface area contributed by atoms with Gasteiger partial charge in [-0.3, -0.25) is 14.5 Å². The van der Waals surface area contributed by atoms with Crippen LogP contribution in [0.2, 0.25) is 0 Å². The highest BCUT2D eigenvalue weighted by Gasteiger charge is 2.35. The molecule has 11 heteroatoms. The van der Waals surface area contributed by atoms with Gasteiger partial charge in [0.1, 0.15) is 24.0 Å². The van der Waals surface area contributed by atoms with Crippen LogP contribution in [0.1, 0.15) is 77.9 Å². The molecular weight excluding hydrogens is 596 g/mol. The Morgan fingerprint density at radius 1 is 1.06 bits per heavy atom. The van der Waals surface area contributed by atoms with E-state index < -0.39 is 6.10 Å². The number of oxazole rings is 1. The summed E-state index contributed by atoms with van der Waals surface area (Å²) in [5.41, 5.74) is 3.95. The highest BCUT2D eigenvalue weighted by molar-refractivity contribution is 5.97.